The monoisotopic (exact) mass is 241 g/mol. The molecule has 0 fully saturated rings. The molecule has 0 saturated carbocycles. The Bertz CT molecular complexity index is 312. The zero-order valence-electron chi connectivity index (χ0n) is 10.9. The summed E-state index contributed by atoms with van der Waals surface area (Å²) in [6.45, 7) is 11.6. The van der Waals surface area contributed by atoms with E-state index < -0.39 is 0 Å². The third-order valence-electron chi connectivity index (χ3n) is 2.84. The van der Waals surface area contributed by atoms with E-state index in [1.807, 2.05) is 11.6 Å². The molecule has 0 aliphatic carbocycles. The van der Waals surface area contributed by atoms with Crippen LogP contribution in [0.3, 0.4) is 0 Å². The lowest BCUT2D eigenvalue weighted by molar-refractivity contribution is 0.278. The second kappa shape index (κ2) is 4.82. The van der Waals surface area contributed by atoms with Crippen LogP contribution in [-0.4, -0.2) is 17.6 Å². The fourth-order valence-corrected chi connectivity index (χ4v) is 2.02. The first kappa shape index (κ1) is 13.6. The molecule has 0 amide bonds. The van der Waals surface area contributed by atoms with Crippen molar-refractivity contribution in [2.45, 2.75) is 46.2 Å². The average molecular weight is 241 g/mol. The molecule has 4 heteroatoms. The molecule has 0 saturated heterocycles. The van der Waals surface area contributed by atoms with Gasteiger partial charge in [-0.25, -0.2) is 4.98 Å². The van der Waals surface area contributed by atoms with Crippen molar-refractivity contribution in [3.05, 3.63) is 16.6 Å². The average Bonchev–Trinajstić information content (AvgIpc) is 2.65. The Labute approximate surface area is 102 Å². The number of nitrogens with one attached hydrogen (secondary N) is 1. The second-order valence-corrected chi connectivity index (χ2v) is 6.71. The number of nitrogens with zero attached hydrogens (tertiary/aromatic N) is 1. The summed E-state index contributed by atoms with van der Waals surface area (Å²) in [7, 11) is 0. The van der Waals surface area contributed by atoms with Crippen LogP contribution in [0, 0.1) is 5.41 Å². The van der Waals surface area contributed by atoms with E-state index in [1.54, 1.807) is 11.3 Å². The zero-order valence-corrected chi connectivity index (χ0v) is 11.7. The largest absolute Gasteiger partial charge is 0.326 e. The minimum atomic E-state index is -0.100. The number of aromatic nitrogens is 1. The van der Waals surface area contributed by atoms with Crippen molar-refractivity contribution < 1.29 is 0 Å². The highest BCUT2D eigenvalue weighted by Crippen LogP contribution is 2.23. The van der Waals surface area contributed by atoms with Gasteiger partial charge in [-0.15, -0.1) is 11.3 Å². The number of hydrogen-bond acceptors (Lipinski definition) is 4. The standard InChI is InChI=1S/C12H23N3S/c1-11(2,3)9(13)8-15-12(4,5)10-14-6-7-16-10/h6-7,9,15H,8,13H2,1-5H3. The smallest absolute Gasteiger partial charge is 0.112 e. The maximum atomic E-state index is 6.13. The molecule has 0 aliphatic rings. The van der Waals surface area contributed by atoms with Gasteiger partial charge in [-0.2, -0.15) is 0 Å². The Kier molecular flexibility index (Phi) is 4.10. The second-order valence-electron chi connectivity index (χ2n) is 5.82. The molecule has 0 spiro atoms. The molecule has 1 aromatic heterocycles. The maximum Gasteiger partial charge on any atom is 0.112 e. The van der Waals surface area contributed by atoms with Crippen LogP contribution < -0.4 is 11.1 Å². The van der Waals surface area contributed by atoms with Gasteiger partial charge in [-0.3, -0.25) is 0 Å². The Morgan fingerprint density at radius 1 is 1.38 bits per heavy atom. The van der Waals surface area contributed by atoms with Crippen molar-refractivity contribution in [2.75, 3.05) is 6.54 Å². The number of rotatable bonds is 4. The van der Waals surface area contributed by atoms with Gasteiger partial charge in [-0.1, -0.05) is 20.8 Å². The van der Waals surface area contributed by atoms with Crippen LogP contribution >= 0.6 is 11.3 Å². The molecule has 1 aromatic rings. The summed E-state index contributed by atoms with van der Waals surface area (Å²) in [6, 6.07) is 0.145. The van der Waals surface area contributed by atoms with Crippen molar-refractivity contribution in [3.63, 3.8) is 0 Å². The molecular formula is C12H23N3S. The Morgan fingerprint density at radius 3 is 2.44 bits per heavy atom. The van der Waals surface area contributed by atoms with Gasteiger partial charge in [0, 0.05) is 24.2 Å². The van der Waals surface area contributed by atoms with E-state index in [0.29, 0.717) is 0 Å². The first-order valence-corrected chi connectivity index (χ1v) is 6.52. The van der Waals surface area contributed by atoms with Crippen molar-refractivity contribution in [2.24, 2.45) is 11.1 Å². The van der Waals surface area contributed by atoms with E-state index in [4.69, 9.17) is 5.73 Å². The molecule has 92 valence electrons. The SMILES string of the molecule is CC(C)(NCC(N)C(C)(C)C)c1nccs1. The van der Waals surface area contributed by atoms with Gasteiger partial charge in [0.15, 0.2) is 0 Å². The van der Waals surface area contributed by atoms with Crippen LogP contribution in [0.5, 0.6) is 0 Å². The minimum Gasteiger partial charge on any atom is -0.326 e. The molecule has 0 radical (unpaired) electrons. The van der Waals surface area contributed by atoms with Crippen LogP contribution in [0.4, 0.5) is 0 Å². The lowest BCUT2D eigenvalue weighted by atomic mass is 9.87. The normalized spacial score (nSPS) is 15.1. The van der Waals surface area contributed by atoms with Crippen LogP contribution in [0.15, 0.2) is 11.6 Å². The van der Waals surface area contributed by atoms with Gasteiger partial charge in [0.1, 0.15) is 5.01 Å². The van der Waals surface area contributed by atoms with E-state index in [1.165, 1.54) is 0 Å². The summed E-state index contributed by atoms with van der Waals surface area (Å²) in [5.41, 5.74) is 6.16. The van der Waals surface area contributed by atoms with Crippen LogP contribution in [0.25, 0.3) is 0 Å². The van der Waals surface area contributed by atoms with E-state index in [0.717, 1.165) is 11.6 Å². The van der Waals surface area contributed by atoms with Gasteiger partial charge in [0.2, 0.25) is 0 Å². The summed E-state index contributed by atoms with van der Waals surface area (Å²) in [5, 5.41) is 6.60. The summed E-state index contributed by atoms with van der Waals surface area (Å²) < 4.78 is 0. The van der Waals surface area contributed by atoms with E-state index in [9.17, 15) is 0 Å². The topological polar surface area (TPSA) is 50.9 Å². The van der Waals surface area contributed by atoms with E-state index >= 15 is 0 Å². The molecule has 0 aliphatic heterocycles. The van der Waals surface area contributed by atoms with Crippen LogP contribution in [0.1, 0.15) is 39.6 Å². The highest BCUT2D eigenvalue weighted by molar-refractivity contribution is 7.09. The molecule has 1 heterocycles. The predicted molar refractivity (Wildman–Crippen MR) is 70.6 cm³/mol. The lowest BCUT2D eigenvalue weighted by Gasteiger charge is -2.31. The third-order valence-corrected chi connectivity index (χ3v) is 3.94. The molecule has 0 bridgehead atoms. The van der Waals surface area contributed by atoms with Crippen molar-refractivity contribution in [1.82, 2.24) is 10.3 Å². The highest BCUT2D eigenvalue weighted by atomic mass is 32.1. The minimum absolute atomic E-state index is 0.100. The van der Waals surface area contributed by atoms with Crippen molar-refractivity contribution in [3.8, 4) is 0 Å². The Balaban J connectivity index is 2.55. The molecule has 1 unspecified atom stereocenters. The fourth-order valence-electron chi connectivity index (χ4n) is 1.28. The van der Waals surface area contributed by atoms with Gasteiger partial charge in [-0.05, 0) is 19.3 Å². The first-order chi connectivity index (χ1) is 7.23. The van der Waals surface area contributed by atoms with Crippen LogP contribution in [-0.2, 0) is 5.54 Å². The predicted octanol–water partition coefficient (Wildman–Crippen LogP) is 2.34. The van der Waals surface area contributed by atoms with Gasteiger partial charge in [0.05, 0.1) is 5.54 Å². The van der Waals surface area contributed by atoms with Crippen molar-refractivity contribution >= 4 is 11.3 Å². The number of nitrogens with two attached hydrogens (primary N) is 1. The Hall–Kier alpha value is -0.450. The van der Waals surface area contributed by atoms with Gasteiger partial charge in [0.25, 0.3) is 0 Å². The molecular weight excluding hydrogens is 218 g/mol. The Morgan fingerprint density at radius 2 is 2.00 bits per heavy atom. The van der Waals surface area contributed by atoms with E-state index in [2.05, 4.69) is 44.9 Å². The molecule has 16 heavy (non-hydrogen) atoms. The lowest BCUT2D eigenvalue weighted by Crippen LogP contribution is -2.48. The van der Waals surface area contributed by atoms with Crippen molar-refractivity contribution in [1.29, 1.82) is 0 Å². The summed E-state index contributed by atoms with van der Waals surface area (Å²) in [4.78, 5) is 4.34. The molecule has 1 rings (SSSR count). The molecule has 1 atom stereocenters. The number of thiazole rings is 1. The van der Waals surface area contributed by atoms with Crippen LogP contribution in [0.2, 0.25) is 0 Å². The first-order valence-electron chi connectivity index (χ1n) is 5.64. The molecule has 0 aromatic carbocycles. The van der Waals surface area contributed by atoms with Gasteiger partial charge >= 0.3 is 0 Å². The molecule has 3 N–H and O–H groups in total. The van der Waals surface area contributed by atoms with E-state index in [-0.39, 0.29) is 17.0 Å². The van der Waals surface area contributed by atoms with Gasteiger partial charge < -0.3 is 11.1 Å². The fraction of sp³-hybridized carbons (Fsp3) is 0.750. The summed E-state index contributed by atoms with van der Waals surface area (Å²) >= 11 is 1.67. The quantitative estimate of drug-likeness (QED) is 0.850. The summed E-state index contributed by atoms with van der Waals surface area (Å²) in [5.74, 6) is 0. The maximum absolute atomic E-state index is 6.13. The molecule has 3 nitrogen and oxygen atoms in total. The summed E-state index contributed by atoms with van der Waals surface area (Å²) in [6.07, 6.45) is 1.84. The highest BCUT2D eigenvalue weighted by Gasteiger charge is 2.26. The zero-order chi connectivity index (χ0) is 12.4. The third kappa shape index (κ3) is 3.54. The number of hydrogen-bond donors (Lipinski definition) is 2.